The summed E-state index contributed by atoms with van der Waals surface area (Å²) in [6.45, 7) is 0.954. The maximum atomic E-state index is 5.75. The van der Waals surface area contributed by atoms with Crippen LogP contribution in [0.4, 0.5) is 11.5 Å². The highest BCUT2D eigenvalue weighted by Crippen LogP contribution is 2.13. The van der Waals surface area contributed by atoms with Crippen molar-refractivity contribution in [1.29, 1.82) is 0 Å². The first-order chi connectivity index (χ1) is 7.34. The lowest BCUT2D eigenvalue weighted by Crippen LogP contribution is -2.05. The van der Waals surface area contributed by atoms with E-state index in [9.17, 15) is 0 Å². The van der Waals surface area contributed by atoms with Crippen LogP contribution >= 0.6 is 11.8 Å². The van der Waals surface area contributed by atoms with Crippen molar-refractivity contribution in [2.75, 3.05) is 29.6 Å². The van der Waals surface area contributed by atoms with Gasteiger partial charge < -0.3 is 11.1 Å². The third kappa shape index (κ3) is 4.93. The van der Waals surface area contributed by atoms with E-state index >= 15 is 0 Å². The van der Waals surface area contributed by atoms with E-state index in [2.05, 4.69) is 16.6 Å². The van der Waals surface area contributed by atoms with Crippen LogP contribution in [-0.2, 0) is 0 Å². The summed E-state index contributed by atoms with van der Waals surface area (Å²) in [5, 5.41) is 3.25. The zero-order valence-electron chi connectivity index (χ0n) is 9.20. The van der Waals surface area contributed by atoms with Gasteiger partial charge in [-0.05, 0) is 37.0 Å². The van der Waals surface area contributed by atoms with Crippen LogP contribution in [0.2, 0.25) is 0 Å². The van der Waals surface area contributed by atoms with Crippen molar-refractivity contribution in [3.8, 4) is 0 Å². The number of aromatic nitrogens is 1. The Kier molecular flexibility index (Phi) is 6.00. The van der Waals surface area contributed by atoms with Crippen LogP contribution in [0, 0.1) is 0 Å². The summed E-state index contributed by atoms with van der Waals surface area (Å²) >= 11 is 1.91. The fourth-order valence-electron chi connectivity index (χ4n) is 1.32. The normalized spacial score (nSPS) is 10.2. The fraction of sp³-hybridized carbons (Fsp3) is 0.545. The van der Waals surface area contributed by atoms with Gasteiger partial charge in [0.25, 0.3) is 0 Å². The molecule has 0 saturated carbocycles. The van der Waals surface area contributed by atoms with Gasteiger partial charge in [-0.2, -0.15) is 11.8 Å². The van der Waals surface area contributed by atoms with Crippen molar-refractivity contribution in [1.82, 2.24) is 4.98 Å². The Morgan fingerprint density at radius 2 is 2.27 bits per heavy atom. The van der Waals surface area contributed by atoms with Gasteiger partial charge in [-0.15, -0.1) is 0 Å². The highest BCUT2D eigenvalue weighted by atomic mass is 32.2. The zero-order chi connectivity index (χ0) is 10.9. The number of hydrogen-bond acceptors (Lipinski definition) is 4. The molecule has 0 spiro atoms. The van der Waals surface area contributed by atoms with Crippen LogP contribution in [0.3, 0.4) is 0 Å². The lowest BCUT2D eigenvalue weighted by Gasteiger charge is -2.07. The van der Waals surface area contributed by atoms with Crippen LogP contribution in [0.5, 0.6) is 0 Å². The molecule has 0 atom stereocenters. The van der Waals surface area contributed by atoms with Crippen LogP contribution in [0.15, 0.2) is 18.3 Å². The molecule has 1 rings (SSSR count). The van der Waals surface area contributed by atoms with Gasteiger partial charge in [0.15, 0.2) is 0 Å². The van der Waals surface area contributed by atoms with Gasteiger partial charge >= 0.3 is 0 Å². The predicted octanol–water partition coefficient (Wildman–Crippen LogP) is 2.61. The monoisotopic (exact) mass is 225 g/mol. The van der Waals surface area contributed by atoms with Gasteiger partial charge in [0.05, 0.1) is 5.69 Å². The van der Waals surface area contributed by atoms with Crippen LogP contribution in [-0.4, -0.2) is 23.5 Å². The number of anilines is 2. The molecule has 0 aromatic carbocycles. The van der Waals surface area contributed by atoms with Crippen molar-refractivity contribution in [3.05, 3.63) is 18.3 Å². The molecule has 0 unspecified atom stereocenters. The second-order valence-electron chi connectivity index (χ2n) is 3.42. The van der Waals surface area contributed by atoms with Gasteiger partial charge in [-0.25, -0.2) is 4.98 Å². The molecule has 0 aliphatic carbocycles. The van der Waals surface area contributed by atoms with Crippen molar-refractivity contribution in [3.63, 3.8) is 0 Å². The van der Waals surface area contributed by atoms with Crippen LogP contribution in [0.1, 0.15) is 19.3 Å². The third-order valence-electron chi connectivity index (χ3n) is 2.16. The molecule has 84 valence electrons. The summed E-state index contributed by atoms with van der Waals surface area (Å²) in [7, 11) is 0. The summed E-state index contributed by atoms with van der Waals surface area (Å²) in [6, 6.07) is 3.71. The summed E-state index contributed by atoms with van der Waals surface area (Å²) in [4.78, 5) is 4.17. The first kappa shape index (κ1) is 12.2. The zero-order valence-corrected chi connectivity index (χ0v) is 10.0. The molecule has 1 aromatic rings. The van der Waals surface area contributed by atoms with Gasteiger partial charge in [-0.3, -0.25) is 0 Å². The molecule has 3 nitrogen and oxygen atoms in total. The highest BCUT2D eigenvalue weighted by molar-refractivity contribution is 7.98. The first-order valence-corrected chi connectivity index (χ1v) is 6.67. The van der Waals surface area contributed by atoms with Crippen molar-refractivity contribution >= 4 is 23.3 Å². The van der Waals surface area contributed by atoms with Crippen LogP contribution in [0.25, 0.3) is 0 Å². The number of nitrogen functional groups attached to an aromatic ring is 1. The number of nitrogens with one attached hydrogen (secondary N) is 1. The quantitative estimate of drug-likeness (QED) is 0.700. The van der Waals surface area contributed by atoms with E-state index in [-0.39, 0.29) is 0 Å². The van der Waals surface area contributed by atoms with E-state index in [4.69, 9.17) is 5.73 Å². The second-order valence-corrected chi connectivity index (χ2v) is 4.41. The summed E-state index contributed by atoms with van der Waals surface area (Å²) < 4.78 is 0. The summed E-state index contributed by atoms with van der Waals surface area (Å²) in [5.41, 5.74) is 6.48. The SMILES string of the molecule is CSCCCCCNc1ncccc1N. The third-order valence-corrected chi connectivity index (χ3v) is 2.85. The Morgan fingerprint density at radius 1 is 1.40 bits per heavy atom. The minimum atomic E-state index is 0.724. The van der Waals surface area contributed by atoms with E-state index < -0.39 is 0 Å². The minimum Gasteiger partial charge on any atom is -0.396 e. The number of pyridine rings is 1. The summed E-state index contributed by atoms with van der Waals surface area (Å²) in [5.74, 6) is 2.06. The Bertz CT molecular complexity index is 278. The number of unbranched alkanes of at least 4 members (excludes halogenated alkanes) is 2. The lowest BCUT2D eigenvalue weighted by molar-refractivity contribution is 0.748. The number of rotatable bonds is 7. The second kappa shape index (κ2) is 7.40. The maximum absolute atomic E-state index is 5.75. The van der Waals surface area contributed by atoms with Crippen molar-refractivity contribution in [2.45, 2.75) is 19.3 Å². The predicted molar refractivity (Wildman–Crippen MR) is 69.4 cm³/mol. The van der Waals surface area contributed by atoms with E-state index in [1.165, 1.54) is 25.0 Å². The van der Waals surface area contributed by atoms with E-state index in [0.717, 1.165) is 18.1 Å². The molecular weight excluding hydrogens is 206 g/mol. The summed E-state index contributed by atoms with van der Waals surface area (Å²) in [6.07, 6.45) is 7.64. The Morgan fingerprint density at radius 3 is 3.00 bits per heavy atom. The van der Waals surface area contributed by atoms with Gasteiger partial charge in [-0.1, -0.05) is 6.42 Å². The highest BCUT2D eigenvalue weighted by Gasteiger charge is 1.96. The molecule has 0 bridgehead atoms. The van der Waals surface area contributed by atoms with Crippen LogP contribution < -0.4 is 11.1 Å². The number of hydrogen-bond donors (Lipinski definition) is 2. The Hall–Kier alpha value is -0.900. The molecule has 1 heterocycles. The standard InChI is InChI=1S/C11H19N3S/c1-15-9-4-2-3-7-13-11-10(12)6-5-8-14-11/h5-6,8H,2-4,7,9,12H2,1H3,(H,13,14). The Balaban J connectivity index is 2.12. The average Bonchev–Trinajstić information content (AvgIpc) is 2.25. The van der Waals surface area contributed by atoms with E-state index in [1.807, 2.05) is 23.9 Å². The van der Waals surface area contributed by atoms with Gasteiger partial charge in [0.2, 0.25) is 0 Å². The van der Waals surface area contributed by atoms with Crippen molar-refractivity contribution in [2.24, 2.45) is 0 Å². The number of nitrogens with two attached hydrogens (primary N) is 1. The molecule has 0 aliphatic heterocycles. The molecule has 1 aromatic heterocycles. The molecule has 3 N–H and O–H groups in total. The fourth-order valence-corrected chi connectivity index (χ4v) is 1.81. The molecule has 0 radical (unpaired) electrons. The van der Waals surface area contributed by atoms with E-state index in [1.54, 1.807) is 6.20 Å². The maximum Gasteiger partial charge on any atom is 0.149 e. The smallest absolute Gasteiger partial charge is 0.149 e. The lowest BCUT2D eigenvalue weighted by atomic mass is 10.2. The number of thioether (sulfide) groups is 1. The molecule has 0 aliphatic rings. The topological polar surface area (TPSA) is 50.9 Å². The van der Waals surface area contributed by atoms with Crippen molar-refractivity contribution < 1.29 is 0 Å². The molecule has 15 heavy (non-hydrogen) atoms. The van der Waals surface area contributed by atoms with E-state index in [0.29, 0.717) is 0 Å². The molecule has 4 heteroatoms. The Labute approximate surface area is 95.9 Å². The first-order valence-electron chi connectivity index (χ1n) is 5.28. The largest absolute Gasteiger partial charge is 0.396 e. The van der Waals surface area contributed by atoms with Gasteiger partial charge in [0, 0.05) is 12.7 Å². The number of nitrogens with zero attached hydrogens (tertiary/aromatic N) is 1. The minimum absolute atomic E-state index is 0.724. The average molecular weight is 225 g/mol. The molecule has 0 amide bonds. The molecule has 0 fully saturated rings. The van der Waals surface area contributed by atoms with Gasteiger partial charge in [0.1, 0.15) is 5.82 Å². The molecular formula is C11H19N3S. The molecule has 0 saturated heterocycles.